The van der Waals surface area contributed by atoms with Gasteiger partial charge in [-0.05, 0) is 18.2 Å². The standard InChI is InChI=1S/C20H18N8O3/c1-2-14(29)27-7-11(8-27)9-28-18-15(17(21)22-10-23-18)16(26-28)19(30)25-20-24-12-5-3-4-6-13(12)31-20/h2-6,10-11H,1,7-9H2,(H2,21,22,23)(H,24,25,30). The molecule has 3 aromatic heterocycles. The molecule has 11 nitrogen and oxygen atoms in total. The maximum Gasteiger partial charge on any atom is 0.302 e. The van der Waals surface area contributed by atoms with Crippen molar-refractivity contribution in [1.82, 2.24) is 29.6 Å². The summed E-state index contributed by atoms with van der Waals surface area (Å²) < 4.78 is 7.18. The molecule has 2 amide bonds. The summed E-state index contributed by atoms with van der Waals surface area (Å²) in [4.78, 5) is 38.8. The zero-order valence-corrected chi connectivity index (χ0v) is 16.4. The number of likely N-dealkylation sites (tertiary alicyclic amines) is 1. The lowest BCUT2D eigenvalue weighted by Gasteiger charge is -2.38. The number of carbonyl (C=O) groups is 2. The van der Waals surface area contributed by atoms with Crippen molar-refractivity contribution >= 4 is 45.8 Å². The maximum atomic E-state index is 13.0. The van der Waals surface area contributed by atoms with Crippen molar-refractivity contribution in [3.8, 4) is 0 Å². The molecule has 4 heterocycles. The Bertz CT molecular complexity index is 1300. The highest BCUT2D eigenvalue weighted by Gasteiger charge is 2.31. The lowest BCUT2D eigenvalue weighted by molar-refractivity contribution is -0.132. The van der Waals surface area contributed by atoms with Gasteiger partial charge < -0.3 is 15.1 Å². The van der Waals surface area contributed by atoms with E-state index in [9.17, 15) is 9.59 Å². The zero-order chi connectivity index (χ0) is 21.5. The average Bonchev–Trinajstić information content (AvgIpc) is 3.31. The summed E-state index contributed by atoms with van der Waals surface area (Å²) >= 11 is 0. The number of hydrogen-bond donors (Lipinski definition) is 2. The summed E-state index contributed by atoms with van der Waals surface area (Å²) in [5.74, 6) is -0.312. The lowest BCUT2D eigenvalue weighted by atomic mass is 10.0. The number of anilines is 2. The summed E-state index contributed by atoms with van der Waals surface area (Å²) in [6.07, 6.45) is 2.62. The second-order valence-corrected chi connectivity index (χ2v) is 7.24. The first-order valence-electron chi connectivity index (χ1n) is 9.58. The van der Waals surface area contributed by atoms with Crippen LogP contribution in [0.2, 0.25) is 0 Å². The van der Waals surface area contributed by atoms with E-state index in [1.807, 2.05) is 12.1 Å². The first kappa shape index (κ1) is 18.7. The Morgan fingerprint density at radius 2 is 2.10 bits per heavy atom. The number of aromatic nitrogens is 5. The Morgan fingerprint density at radius 1 is 1.29 bits per heavy atom. The predicted octanol–water partition coefficient (Wildman–Crippen LogP) is 1.45. The molecule has 11 heteroatoms. The molecule has 0 radical (unpaired) electrons. The summed E-state index contributed by atoms with van der Waals surface area (Å²) in [5.41, 5.74) is 7.74. The molecule has 31 heavy (non-hydrogen) atoms. The first-order chi connectivity index (χ1) is 15.0. The van der Waals surface area contributed by atoms with Crippen LogP contribution < -0.4 is 11.1 Å². The quantitative estimate of drug-likeness (QED) is 0.463. The molecule has 156 valence electrons. The van der Waals surface area contributed by atoms with Crippen molar-refractivity contribution in [2.24, 2.45) is 5.92 Å². The minimum atomic E-state index is -0.533. The molecule has 3 N–H and O–H groups in total. The summed E-state index contributed by atoms with van der Waals surface area (Å²) in [6.45, 7) is 5.13. The number of carbonyl (C=O) groups excluding carboxylic acids is 2. The van der Waals surface area contributed by atoms with Crippen LogP contribution in [0.15, 0.2) is 47.7 Å². The van der Waals surface area contributed by atoms with Gasteiger partial charge in [-0.2, -0.15) is 10.1 Å². The molecular weight excluding hydrogens is 400 g/mol. The van der Waals surface area contributed by atoms with Gasteiger partial charge in [0.05, 0.1) is 5.39 Å². The summed E-state index contributed by atoms with van der Waals surface area (Å²) in [5, 5.41) is 7.42. The van der Waals surface area contributed by atoms with Crippen molar-refractivity contribution in [3.05, 3.63) is 48.9 Å². The fourth-order valence-corrected chi connectivity index (χ4v) is 3.64. The minimum Gasteiger partial charge on any atom is -0.423 e. The van der Waals surface area contributed by atoms with E-state index in [-0.39, 0.29) is 29.4 Å². The Balaban J connectivity index is 1.42. The Hall–Kier alpha value is -4.28. The third-order valence-electron chi connectivity index (χ3n) is 5.16. The molecule has 0 saturated carbocycles. The van der Waals surface area contributed by atoms with E-state index < -0.39 is 5.91 Å². The van der Waals surface area contributed by atoms with Gasteiger partial charge in [0.2, 0.25) is 5.91 Å². The van der Waals surface area contributed by atoms with E-state index in [2.05, 4.69) is 31.9 Å². The van der Waals surface area contributed by atoms with Crippen LogP contribution in [-0.4, -0.2) is 54.5 Å². The van der Waals surface area contributed by atoms with Crippen molar-refractivity contribution in [2.45, 2.75) is 6.54 Å². The molecule has 0 spiro atoms. The van der Waals surface area contributed by atoms with E-state index >= 15 is 0 Å². The molecule has 1 saturated heterocycles. The molecule has 5 rings (SSSR count). The van der Waals surface area contributed by atoms with E-state index in [1.54, 1.807) is 21.7 Å². The van der Waals surface area contributed by atoms with Crippen molar-refractivity contribution < 1.29 is 14.0 Å². The highest BCUT2D eigenvalue weighted by Crippen LogP contribution is 2.26. The van der Waals surface area contributed by atoms with E-state index in [0.29, 0.717) is 41.8 Å². The summed E-state index contributed by atoms with van der Waals surface area (Å²) in [7, 11) is 0. The third-order valence-corrected chi connectivity index (χ3v) is 5.16. The summed E-state index contributed by atoms with van der Waals surface area (Å²) in [6, 6.07) is 7.24. The molecule has 0 unspecified atom stereocenters. The van der Waals surface area contributed by atoms with E-state index in [4.69, 9.17) is 10.2 Å². The minimum absolute atomic E-state index is 0.0573. The molecule has 0 atom stereocenters. The van der Waals surface area contributed by atoms with Crippen LogP contribution >= 0.6 is 0 Å². The largest absolute Gasteiger partial charge is 0.423 e. The molecule has 1 aliphatic rings. The molecule has 1 aliphatic heterocycles. The zero-order valence-electron chi connectivity index (χ0n) is 16.4. The predicted molar refractivity (Wildman–Crippen MR) is 112 cm³/mol. The van der Waals surface area contributed by atoms with Gasteiger partial charge in [-0.3, -0.25) is 14.9 Å². The van der Waals surface area contributed by atoms with Gasteiger partial charge >= 0.3 is 6.01 Å². The van der Waals surface area contributed by atoms with E-state index in [0.717, 1.165) is 0 Å². The van der Waals surface area contributed by atoms with Crippen molar-refractivity contribution in [1.29, 1.82) is 0 Å². The van der Waals surface area contributed by atoms with Gasteiger partial charge in [-0.1, -0.05) is 18.7 Å². The smallest absolute Gasteiger partial charge is 0.302 e. The lowest BCUT2D eigenvalue weighted by Crippen LogP contribution is -2.50. The molecule has 0 bridgehead atoms. The fraction of sp³-hybridized carbons (Fsp3) is 0.200. The maximum absolute atomic E-state index is 13.0. The number of benzene rings is 1. The van der Waals surface area contributed by atoms with Crippen LogP contribution in [0, 0.1) is 5.92 Å². The number of amides is 2. The molecular formula is C20H18N8O3. The highest BCUT2D eigenvalue weighted by molar-refractivity contribution is 6.12. The van der Waals surface area contributed by atoms with E-state index in [1.165, 1.54) is 12.4 Å². The first-order valence-corrected chi connectivity index (χ1v) is 9.58. The number of fused-ring (bicyclic) bond motifs is 2. The van der Waals surface area contributed by atoms with Crippen molar-refractivity contribution in [2.75, 3.05) is 24.1 Å². The average molecular weight is 418 g/mol. The number of hydrogen-bond acceptors (Lipinski definition) is 8. The monoisotopic (exact) mass is 418 g/mol. The van der Waals surface area contributed by atoms with Gasteiger partial charge in [-0.25, -0.2) is 14.6 Å². The van der Waals surface area contributed by atoms with Gasteiger partial charge in [0.15, 0.2) is 16.9 Å². The van der Waals surface area contributed by atoms with Gasteiger partial charge in [0.1, 0.15) is 17.7 Å². The van der Waals surface area contributed by atoms with Crippen LogP contribution in [0.3, 0.4) is 0 Å². The highest BCUT2D eigenvalue weighted by atomic mass is 16.4. The normalized spacial score (nSPS) is 14.0. The van der Waals surface area contributed by atoms with Crippen LogP contribution in [0.1, 0.15) is 10.5 Å². The van der Waals surface area contributed by atoms with Crippen LogP contribution in [0.4, 0.5) is 11.8 Å². The van der Waals surface area contributed by atoms with Crippen LogP contribution in [0.25, 0.3) is 22.1 Å². The van der Waals surface area contributed by atoms with Gasteiger partial charge in [-0.15, -0.1) is 0 Å². The fourth-order valence-electron chi connectivity index (χ4n) is 3.64. The number of nitrogen functional groups attached to an aromatic ring is 1. The Morgan fingerprint density at radius 3 is 2.87 bits per heavy atom. The van der Waals surface area contributed by atoms with Crippen molar-refractivity contribution in [3.63, 3.8) is 0 Å². The third kappa shape index (κ3) is 3.25. The SMILES string of the molecule is C=CC(=O)N1CC(Cn2nc(C(=O)Nc3nc4ccccc4o3)c3c(N)ncnc32)C1. The number of oxazole rings is 1. The van der Waals surface area contributed by atoms with Gasteiger partial charge in [0.25, 0.3) is 5.91 Å². The van der Waals surface area contributed by atoms with Crippen LogP contribution in [0.5, 0.6) is 0 Å². The number of nitrogens with two attached hydrogens (primary N) is 1. The van der Waals surface area contributed by atoms with Crippen LogP contribution in [-0.2, 0) is 11.3 Å². The second-order valence-electron chi connectivity index (χ2n) is 7.24. The number of rotatable bonds is 5. The number of nitrogens with zero attached hydrogens (tertiary/aromatic N) is 6. The molecule has 1 aromatic carbocycles. The Kier molecular flexibility index (Phi) is 4.35. The topological polar surface area (TPSA) is 145 Å². The molecule has 1 fully saturated rings. The molecule has 0 aliphatic carbocycles. The number of para-hydroxylation sites is 2. The number of nitrogens with one attached hydrogen (secondary N) is 1. The molecule has 4 aromatic rings. The second kappa shape index (κ2) is 7.20. The Labute approximate surface area is 175 Å². The van der Waals surface area contributed by atoms with Gasteiger partial charge in [0, 0.05) is 25.6 Å².